The van der Waals surface area contributed by atoms with Gasteiger partial charge >= 0.3 is 12.2 Å². The Hall–Kier alpha value is -3.83. The molecule has 1 fully saturated rings. The van der Waals surface area contributed by atoms with E-state index in [0.717, 1.165) is 23.5 Å². The first kappa shape index (κ1) is 23.3. The van der Waals surface area contributed by atoms with Crippen LogP contribution in [-0.4, -0.2) is 50.2 Å². The maximum Gasteiger partial charge on any atom is 0.416 e. The number of aryl methyl sites for hydroxylation is 2. The molecule has 34 heavy (non-hydrogen) atoms. The van der Waals surface area contributed by atoms with Gasteiger partial charge in [-0.1, -0.05) is 6.07 Å². The van der Waals surface area contributed by atoms with Gasteiger partial charge in [-0.3, -0.25) is 5.10 Å². The number of urea groups is 1. The van der Waals surface area contributed by atoms with E-state index in [0.29, 0.717) is 43.5 Å². The standard InChI is InChI=1S/C22H25F3N8O/c1-13-10-18(29-19-11-14(2)31-32-19)30-20(26-13)27-16-6-8-33(9-7-16)21(34)28-17-5-3-4-15(12-17)22(23,24)25/h3-5,10-12,16H,6-9H2,1-2H3,(H,28,34)(H3,26,27,29,30,31,32). The van der Waals surface area contributed by atoms with Crippen molar-refractivity contribution in [3.8, 4) is 0 Å². The van der Waals surface area contributed by atoms with Gasteiger partial charge in [0.15, 0.2) is 5.82 Å². The van der Waals surface area contributed by atoms with Gasteiger partial charge < -0.3 is 20.9 Å². The third-order valence-corrected chi connectivity index (χ3v) is 5.37. The minimum Gasteiger partial charge on any atom is -0.351 e. The van der Waals surface area contributed by atoms with Gasteiger partial charge in [0.2, 0.25) is 5.95 Å². The number of benzene rings is 1. The van der Waals surface area contributed by atoms with E-state index in [-0.39, 0.29) is 11.7 Å². The lowest BCUT2D eigenvalue weighted by Crippen LogP contribution is -2.44. The second-order valence-electron chi connectivity index (χ2n) is 8.19. The molecule has 3 aromatic rings. The first-order chi connectivity index (χ1) is 16.2. The van der Waals surface area contributed by atoms with E-state index in [1.807, 2.05) is 26.0 Å². The van der Waals surface area contributed by atoms with Crippen molar-refractivity contribution in [1.82, 2.24) is 25.1 Å². The zero-order valence-electron chi connectivity index (χ0n) is 18.7. The molecule has 1 aliphatic rings. The van der Waals surface area contributed by atoms with Crippen LogP contribution in [0.3, 0.4) is 0 Å². The van der Waals surface area contributed by atoms with Crippen LogP contribution >= 0.6 is 0 Å². The molecule has 1 aromatic carbocycles. The van der Waals surface area contributed by atoms with E-state index in [4.69, 9.17) is 0 Å². The van der Waals surface area contributed by atoms with Crippen molar-refractivity contribution in [1.29, 1.82) is 0 Å². The highest BCUT2D eigenvalue weighted by atomic mass is 19.4. The van der Waals surface area contributed by atoms with E-state index in [2.05, 4.69) is 36.1 Å². The molecule has 9 nitrogen and oxygen atoms in total. The number of likely N-dealkylation sites (tertiary alicyclic amines) is 1. The second kappa shape index (κ2) is 9.57. The molecule has 4 rings (SSSR count). The number of carbonyl (C=O) groups is 1. The summed E-state index contributed by atoms with van der Waals surface area (Å²) < 4.78 is 38.7. The molecule has 0 saturated carbocycles. The molecule has 2 aromatic heterocycles. The molecule has 0 bridgehead atoms. The lowest BCUT2D eigenvalue weighted by Gasteiger charge is -2.32. The summed E-state index contributed by atoms with van der Waals surface area (Å²) >= 11 is 0. The Labute approximate surface area is 194 Å². The molecule has 0 unspecified atom stereocenters. The van der Waals surface area contributed by atoms with Crippen LogP contribution in [0.25, 0.3) is 0 Å². The molecule has 12 heteroatoms. The van der Waals surface area contributed by atoms with E-state index < -0.39 is 17.8 Å². The number of piperidine rings is 1. The molecule has 1 saturated heterocycles. The van der Waals surface area contributed by atoms with Crippen LogP contribution in [0.15, 0.2) is 36.4 Å². The van der Waals surface area contributed by atoms with Crippen molar-refractivity contribution in [3.63, 3.8) is 0 Å². The Balaban J connectivity index is 1.31. The Kier molecular flexibility index (Phi) is 6.57. The van der Waals surface area contributed by atoms with Crippen molar-refractivity contribution in [2.75, 3.05) is 29.0 Å². The van der Waals surface area contributed by atoms with Crippen LogP contribution in [0.2, 0.25) is 0 Å². The van der Waals surface area contributed by atoms with E-state index in [1.54, 1.807) is 4.90 Å². The largest absolute Gasteiger partial charge is 0.416 e. The maximum absolute atomic E-state index is 12.9. The predicted molar refractivity (Wildman–Crippen MR) is 122 cm³/mol. The summed E-state index contributed by atoms with van der Waals surface area (Å²) in [4.78, 5) is 23.1. The normalized spacial score (nSPS) is 14.7. The molecule has 4 N–H and O–H groups in total. The summed E-state index contributed by atoms with van der Waals surface area (Å²) in [6, 6.07) is 7.92. The molecule has 2 amide bonds. The second-order valence-corrected chi connectivity index (χ2v) is 8.19. The number of aromatic amines is 1. The SMILES string of the molecule is Cc1cc(Nc2cc(C)[nH]n2)nc(NC2CCN(C(=O)Nc3cccc(C(F)(F)F)c3)CC2)n1. The highest BCUT2D eigenvalue weighted by Gasteiger charge is 2.31. The number of H-pyrrole nitrogens is 1. The third kappa shape index (κ3) is 5.94. The van der Waals surface area contributed by atoms with Gasteiger partial charge in [0, 0.05) is 48.3 Å². The number of carbonyl (C=O) groups excluding carboxylic acids is 1. The third-order valence-electron chi connectivity index (χ3n) is 5.37. The summed E-state index contributed by atoms with van der Waals surface area (Å²) in [6.45, 7) is 4.68. The van der Waals surface area contributed by atoms with Gasteiger partial charge in [-0.05, 0) is 44.9 Å². The van der Waals surface area contributed by atoms with Gasteiger partial charge in [0.05, 0.1) is 5.56 Å². The molecule has 0 spiro atoms. The summed E-state index contributed by atoms with van der Waals surface area (Å²) in [5.41, 5.74) is 1.02. The predicted octanol–water partition coefficient (Wildman–Crippen LogP) is 4.69. The Morgan fingerprint density at radius 2 is 1.85 bits per heavy atom. The zero-order chi connectivity index (χ0) is 24.3. The van der Waals surface area contributed by atoms with Crippen molar-refractivity contribution in [2.24, 2.45) is 0 Å². The van der Waals surface area contributed by atoms with Gasteiger partial charge in [0.1, 0.15) is 5.82 Å². The zero-order valence-corrected chi connectivity index (χ0v) is 18.7. The number of hydrogen-bond acceptors (Lipinski definition) is 6. The monoisotopic (exact) mass is 474 g/mol. The summed E-state index contributed by atoms with van der Waals surface area (Å²) in [6.07, 6.45) is -3.17. The minimum absolute atomic E-state index is 0.0554. The van der Waals surface area contributed by atoms with E-state index in [9.17, 15) is 18.0 Å². The number of hydrogen-bond donors (Lipinski definition) is 4. The van der Waals surface area contributed by atoms with Crippen LogP contribution in [0.4, 0.5) is 41.2 Å². The fourth-order valence-corrected chi connectivity index (χ4v) is 3.70. The maximum atomic E-state index is 12.9. The first-order valence-electron chi connectivity index (χ1n) is 10.8. The lowest BCUT2D eigenvalue weighted by molar-refractivity contribution is -0.137. The van der Waals surface area contributed by atoms with E-state index in [1.165, 1.54) is 12.1 Å². The highest BCUT2D eigenvalue weighted by molar-refractivity contribution is 5.89. The Morgan fingerprint density at radius 1 is 1.09 bits per heavy atom. The lowest BCUT2D eigenvalue weighted by atomic mass is 10.1. The van der Waals surface area contributed by atoms with Gasteiger partial charge in [-0.15, -0.1) is 0 Å². The summed E-state index contributed by atoms with van der Waals surface area (Å²) in [7, 11) is 0. The van der Waals surface area contributed by atoms with E-state index >= 15 is 0 Å². The Bertz CT molecular complexity index is 1160. The molecular formula is C22H25F3N8O. The molecule has 0 atom stereocenters. The summed E-state index contributed by atoms with van der Waals surface area (Å²) in [5.74, 6) is 1.74. The topological polar surface area (TPSA) is 111 Å². The van der Waals surface area contributed by atoms with Crippen LogP contribution in [0, 0.1) is 13.8 Å². The molecule has 0 radical (unpaired) electrons. The van der Waals surface area contributed by atoms with Gasteiger partial charge in [-0.2, -0.15) is 23.3 Å². The number of nitrogens with zero attached hydrogens (tertiary/aromatic N) is 4. The fraction of sp³-hybridized carbons (Fsp3) is 0.364. The molecule has 180 valence electrons. The number of alkyl halides is 3. The molecule has 1 aliphatic heterocycles. The molecule has 0 aliphatic carbocycles. The number of anilines is 4. The van der Waals surface area contributed by atoms with Crippen molar-refractivity contribution in [2.45, 2.75) is 38.9 Å². The van der Waals surface area contributed by atoms with Crippen LogP contribution in [0.1, 0.15) is 29.8 Å². The van der Waals surface area contributed by atoms with Crippen LogP contribution in [-0.2, 0) is 6.18 Å². The number of aromatic nitrogens is 4. The quantitative estimate of drug-likeness (QED) is 0.427. The average molecular weight is 474 g/mol. The van der Waals surface area contributed by atoms with Crippen molar-refractivity contribution < 1.29 is 18.0 Å². The Morgan fingerprint density at radius 3 is 2.53 bits per heavy atom. The first-order valence-corrected chi connectivity index (χ1v) is 10.8. The minimum atomic E-state index is -4.46. The number of amides is 2. The average Bonchev–Trinajstić information content (AvgIpc) is 3.18. The van der Waals surface area contributed by atoms with Crippen LogP contribution in [0.5, 0.6) is 0 Å². The number of nitrogens with one attached hydrogen (secondary N) is 4. The van der Waals surface area contributed by atoms with Crippen molar-refractivity contribution in [3.05, 3.63) is 53.3 Å². The van der Waals surface area contributed by atoms with Gasteiger partial charge in [-0.25, -0.2) is 9.78 Å². The smallest absolute Gasteiger partial charge is 0.351 e. The van der Waals surface area contributed by atoms with Crippen LogP contribution < -0.4 is 16.0 Å². The molecule has 3 heterocycles. The fourth-order valence-electron chi connectivity index (χ4n) is 3.70. The summed E-state index contributed by atoms with van der Waals surface area (Å²) in [5, 5.41) is 16.0. The van der Waals surface area contributed by atoms with Gasteiger partial charge in [0.25, 0.3) is 0 Å². The molecular weight excluding hydrogens is 449 g/mol. The van der Waals surface area contributed by atoms with Crippen molar-refractivity contribution >= 4 is 29.3 Å². The highest BCUT2D eigenvalue weighted by Crippen LogP contribution is 2.30. The number of rotatable bonds is 5. The number of halogens is 3.